The van der Waals surface area contributed by atoms with Crippen LogP contribution < -0.4 is 0 Å². The number of ether oxygens (including phenoxy) is 1. The molecule has 0 aliphatic rings. The highest BCUT2D eigenvalue weighted by Crippen LogP contribution is 2.26. The molecule has 2 heteroatoms. The Morgan fingerprint density at radius 3 is 1.94 bits per heavy atom. The van der Waals surface area contributed by atoms with Crippen molar-refractivity contribution in [1.82, 2.24) is 0 Å². The van der Waals surface area contributed by atoms with Gasteiger partial charge >= 0.3 is 5.97 Å². The summed E-state index contributed by atoms with van der Waals surface area (Å²) in [4.78, 5) is 11.6. The van der Waals surface area contributed by atoms with Crippen molar-refractivity contribution < 1.29 is 9.53 Å². The number of hydrogen-bond acceptors (Lipinski definition) is 2. The van der Waals surface area contributed by atoms with E-state index in [9.17, 15) is 4.79 Å². The minimum absolute atomic E-state index is 0.0801. The van der Waals surface area contributed by atoms with E-state index in [-0.39, 0.29) is 18.0 Å². The van der Waals surface area contributed by atoms with E-state index in [0.717, 1.165) is 5.56 Å². The molecule has 1 aromatic carbocycles. The van der Waals surface area contributed by atoms with Crippen LogP contribution in [-0.4, -0.2) is 5.97 Å². The second kappa shape index (κ2) is 5.35. The molecule has 0 aliphatic carbocycles. The van der Waals surface area contributed by atoms with Crippen LogP contribution in [0, 0.1) is 26.7 Å². The summed E-state index contributed by atoms with van der Waals surface area (Å²) >= 11 is 0. The first kappa shape index (κ1) is 13.8. The number of carbonyl (C=O) groups is 1. The van der Waals surface area contributed by atoms with E-state index >= 15 is 0 Å². The molecule has 0 saturated heterocycles. The summed E-state index contributed by atoms with van der Waals surface area (Å²) < 4.78 is 5.46. The summed E-state index contributed by atoms with van der Waals surface area (Å²) in [7, 11) is 0. The molecule has 1 aromatic rings. The fourth-order valence-corrected chi connectivity index (χ4v) is 2.20. The van der Waals surface area contributed by atoms with Gasteiger partial charge in [0, 0.05) is 0 Å². The maximum atomic E-state index is 11.6. The summed E-state index contributed by atoms with van der Waals surface area (Å²) in [5.41, 5.74) is 4.74. The second-order valence-electron chi connectivity index (χ2n) is 5.05. The van der Waals surface area contributed by atoms with Crippen LogP contribution in [-0.2, 0) is 9.53 Å². The van der Waals surface area contributed by atoms with Gasteiger partial charge in [0.25, 0.3) is 0 Å². The first-order chi connectivity index (χ1) is 7.82. The number of aryl methyl sites for hydroxylation is 3. The Bertz CT molecular complexity index is 396. The second-order valence-corrected chi connectivity index (χ2v) is 5.05. The van der Waals surface area contributed by atoms with Crippen LogP contribution in [0.1, 0.15) is 49.1 Å². The molecule has 1 rings (SSSR count). The van der Waals surface area contributed by atoms with E-state index in [0.29, 0.717) is 0 Å². The van der Waals surface area contributed by atoms with Gasteiger partial charge in [0.2, 0.25) is 0 Å². The van der Waals surface area contributed by atoms with Gasteiger partial charge in [-0.2, -0.15) is 0 Å². The van der Waals surface area contributed by atoms with Crippen molar-refractivity contribution in [3.8, 4) is 0 Å². The van der Waals surface area contributed by atoms with E-state index in [4.69, 9.17) is 4.74 Å². The standard InChI is InChI=1S/C15H22O2/c1-9(2)15(16)17-13(6)14-11(4)7-10(3)8-12(14)5/h7-9,13H,1-6H3/t13-/m1/s1. The van der Waals surface area contributed by atoms with Gasteiger partial charge in [-0.1, -0.05) is 31.5 Å². The summed E-state index contributed by atoms with van der Waals surface area (Å²) in [6.45, 7) is 11.8. The number of rotatable bonds is 3. The average molecular weight is 234 g/mol. The number of esters is 1. The Balaban J connectivity index is 2.97. The topological polar surface area (TPSA) is 26.3 Å². The lowest BCUT2D eigenvalue weighted by atomic mass is 9.96. The molecule has 1 atom stereocenters. The summed E-state index contributed by atoms with van der Waals surface area (Å²) in [6.07, 6.45) is -0.175. The molecular formula is C15H22O2. The molecule has 0 spiro atoms. The van der Waals surface area contributed by atoms with Gasteiger partial charge in [0.15, 0.2) is 0 Å². The molecule has 0 saturated carbocycles. The SMILES string of the molecule is Cc1cc(C)c([C@@H](C)OC(=O)C(C)C)c(C)c1. The van der Waals surface area contributed by atoms with Gasteiger partial charge in [-0.05, 0) is 44.4 Å². The maximum absolute atomic E-state index is 11.6. The Morgan fingerprint density at radius 2 is 1.53 bits per heavy atom. The predicted molar refractivity (Wildman–Crippen MR) is 70.0 cm³/mol. The van der Waals surface area contributed by atoms with Crippen molar-refractivity contribution in [2.24, 2.45) is 5.92 Å². The lowest BCUT2D eigenvalue weighted by Gasteiger charge is -2.20. The van der Waals surface area contributed by atoms with Crippen molar-refractivity contribution in [1.29, 1.82) is 0 Å². The molecule has 0 aliphatic heterocycles. The molecular weight excluding hydrogens is 212 g/mol. The van der Waals surface area contributed by atoms with Gasteiger partial charge in [-0.25, -0.2) is 0 Å². The fourth-order valence-electron chi connectivity index (χ4n) is 2.20. The van der Waals surface area contributed by atoms with E-state index in [1.807, 2.05) is 20.8 Å². The van der Waals surface area contributed by atoms with Crippen LogP contribution in [0.2, 0.25) is 0 Å². The fraction of sp³-hybridized carbons (Fsp3) is 0.533. The highest BCUT2D eigenvalue weighted by Gasteiger charge is 2.18. The Kier molecular flexibility index (Phi) is 4.33. The van der Waals surface area contributed by atoms with Crippen LogP contribution >= 0.6 is 0 Å². The predicted octanol–water partition coefficient (Wildman–Crippen LogP) is 3.87. The van der Waals surface area contributed by atoms with E-state index < -0.39 is 0 Å². The highest BCUT2D eigenvalue weighted by molar-refractivity contribution is 5.71. The molecule has 0 bridgehead atoms. The van der Waals surface area contributed by atoms with Crippen molar-refractivity contribution in [3.05, 3.63) is 34.4 Å². The normalized spacial score (nSPS) is 12.6. The average Bonchev–Trinajstić information content (AvgIpc) is 2.15. The lowest BCUT2D eigenvalue weighted by molar-refractivity contribution is -0.152. The molecule has 0 N–H and O–H groups in total. The zero-order valence-electron chi connectivity index (χ0n) is 11.6. The first-order valence-electron chi connectivity index (χ1n) is 6.11. The van der Waals surface area contributed by atoms with E-state index in [2.05, 4.69) is 32.9 Å². The van der Waals surface area contributed by atoms with Gasteiger partial charge < -0.3 is 4.74 Å². The maximum Gasteiger partial charge on any atom is 0.308 e. The quantitative estimate of drug-likeness (QED) is 0.742. The highest BCUT2D eigenvalue weighted by atomic mass is 16.5. The monoisotopic (exact) mass is 234 g/mol. The van der Waals surface area contributed by atoms with Crippen molar-refractivity contribution in [3.63, 3.8) is 0 Å². The summed E-state index contributed by atoms with van der Waals surface area (Å²) in [5, 5.41) is 0. The lowest BCUT2D eigenvalue weighted by Crippen LogP contribution is -2.15. The minimum Gasteiger partial charge on any atom is -0.458 e. The van der Waals surface area contributed by atoms with Crippen molar-refractivity contribution in [2.75, 3.05) is 0 Å². The molecule has 0 radical (unpaired) electrons. The molecule has 0 unspecified atom stereocenters. The smallest absolute Gasteiger partial charge is 0.308 e. The number of carbonyl (C=O) groups excluding carboxylic acids is 1. The molecule has 2 nitrogen and oxygen atoms in total. The van der Waals surface area contributed by atoms with Crippen molar-refractivity contribution in [2.45, 2.75) is 47.6 Å². The third kappa shape index (κ3) is 3.32. The largest absolute Gasteiger partial charge is 0.458 e. The first-order valence-corrected chi connectivity index (χ1v) is 6.11. The Labute approximate surface area is 104 Å². The zero-order chi connectivity index (χ0) is 13.2. The third-order valence-corrected chi connectivity index (χ3v) is 2.91. The van der Waals surface area contributed by atoms with Gasteiger partial charge in [0.1, 0.15) is 6.10 Å². The Hall–Kier alpha value is -1.31. The molecule has 0 heterocycles. The van der Waals surface area contributed by atoms with Crippen LogP contribution in [0.4, 0.5) is 0 Å². The van der Waals surface area contributed by atoms with Gasteiger partial charge in [-0.15, -0.1) is 0 Å². The molecule has 17 heavy (non-hydrogen) atoms. The van der Waals surface area contributed by atoms with Crippen molar-refractivity contribution >= 4 is 5.97 Å². The third-order valence-electron chi connectivity index (χ3n) is 2.91. The van der Waals surface area contributed by atoms with Crippen LogP contribution in [0.15, 0.2) is 12.1 Å². The van der Waals surface area contributed by atoms with Crippen LogP contribution in [0.25, 0.3) is 0 Å². The van der Waals surface area contributed by atoms with Crippen LogP contribution in [0.3, 0.4) is 0 Å². The molecule has 94 valence electrons. The van der Waals surface area contributed by atoms with E-state index in [1.54, 1.807) is 0 Å². The molecule has 0 fully saturated rings. The van der Waals surface area contributed by atoms with Gasteiger partial charge in [-0.3, -0.25) is 4.79 Å². The Morgan fingerprint density at radius 1 is 1.06 bits per heavy atom. The molecule has 0 amide bonds. The van der Waals surface area contributed by atoms with E-state index in [1.165, 1.54) is 16.7 Å². The summed E-state index contributed by atoms with van der Waals surface area (Å²) in [6, 6.07) is 4.25. The molecule has 0 aromatic heterocycles. The summed E-state index contributed by atoms with van der Waals surface area (Å²) in [5.74, 6) is -0.222. The number of hydrogen-bond donors (Lipinski definition) is 0. The van der Waals surface area contributed by atoms with Gasteiger partial charge in [0.05, 0.1) is 5.92 Å². The number of benzene rings is 1. The van der Waals surface area contributed by atoms with Crippen LogP contribution in [0.5, 0.6) is 0 Å². The zero-order valence-corrected chi connectivity index (χ0v) is 11.6. The minimum atomic E-state index is -0.175.